The molecule has 0 atom stereocenters. The molecular weight excluding hydrogens is 328 g/mol. The lowest BCUT2D eigenvalue weighted by Crippen LogP contribution is -2.46. The van der Waals surface area contributed by atoms with Gasteiger partial charge in [-0.3, -0.25) is 0 Å². The fraction of sp³-hybridized carbons (Fsp3) is 0.471. The summed E-state index contributed by atoms with van der Waals surface area (Å²) in [5, 5.41) is 4.48. The monoisotopic (exact) mass is 348 g/mol. The first-order valence-corrected chi connectivity index (χ1v) is 8.74. The van der Waals surface area contributed by atoms with Gasteiger partial charge in [-0.15, -0.1) is 0 Å². The molecule has 1 saturated carbocycles. The molecule has 1 amide bonds. The van der Waals surface area contributed by atoms with E-state index in [0.717, 1.165) is 34.9 Å². The number of amides is 1. The Morgan fingerprint density at radius 2 is 2.00 bits per heavy atom. The van der Waals surface area contributed by atoms with Gasteiger partial charge in [0.05, 0.1) is 10.7 Å². The molecule has 1 aromatic carbocycles. The maximum Gasteiger partial charge on any atom is 0.358 e. The van der Waals surface area contributed by atoms with Gasteiger partial charge in [0, 0.05) is 12.6 Å². The van der Waals surface area contributed by atoms with Gasteiger partial charge in [0.25, 0.3) is 0 Å². The van der Waals surface area contributed by atoms with Gasteiger partial charge < -0.3 is 4.90 Å². The van der Waals surface area contributed by atoms with Crippen LogP contribution in [0.1, 0.15) is 39.0 Å². The van der Waals surface area contributed by atoms with Gasteiger partial charge in [0.1, 0.15) is 6.33 Å². The molecule has 1 aliphatic rings. The largest absolute Gasteiger partial charge is 0.358 e. The first-order chi connectivity index (χ1) is 11.6. The Hall–Kier alpha value is -2.08. The van der Waals surface area contributed by atoms with E-state index in [-0.39, 0.29) is 12.1 Å². The number of halogens is 1. The van der Waals surface area contributed by atoms with Crippen LogP contribution >= 0.6 is 11.6 Å². The Kier molecular flexibility index (Phi) is 5.04. The Balaban J connectivity index is 1.91. The van der Waals surface area contributed by atoms with Gasteiger partial charge in [0.15, 0.2) is 0 Å². The van der Waals surface area contributed by atoms with E-state index in [9.17, 15) is 9.59 Å². The van der Waals surface area contributed by atoms with Crippen LogP contribution in [0.5, 0.6) is 0 Å². The molecule has 2 aromatic rings. The molecule has 1 aliphatic carbocycles. The molecule has 1 aromatic heterocycles. The number of rotatable bonds is 3. The SMILES string of the molecule is CCN(C(=O)n1cnn(-c2ccccc2Cl)c1=O)C1CCCCC1. The predicted octanol–water partition coefficient (Wildman–Crippen LogP) is 3.31. The number of nitrogens with zero attached hydrogens (tertiary/aromatic N) is 4. The minimum atomic E-state index is -0.498. The number of hydrogen-bond acceptors (Lipinski definition) is 3. The second-order valence-electron chi connectivity index (χ2n) is 6.01. The average molecular weight is 349 g/mol. The Morgan fingerprint density at radius 1 is 1.29 bits per heavy atom. The van der Waals surface area contributed by atoms with Crippen molar-refractivity contribution in [2.24, 2.45) is 0 Å². The third-order valence-electron chi connectivity index (χ3n) is 4.56. The van der Waals surface area contributed by atoms with Crippen molar-refractivity contribution in [1.82, 2.24) is 19.2 Å². The Morgan fingerprint density at radius 3 is 2.67 bits per heavy atom. The van der Waals surface area contributed by atoms with Crippen LogP contribution in [0.3, 0.4) is 0 Å². The molecule has 3 rings (SSSR count). The molecule has 7 heteroatoms. The van der Waals surface area contributed by atoms with Crippen molar-refractivity contribution in [3.63, 3.8) is 0 Å². The summed E-state index contributed by atoms with van der Waals surface area (Å²) in [6, 6.07) is 6.82. The van der Waals surface area contributed by atoms with Crippen LogP contribution in [0.25, 0.3) is 5.69 Å². The number of benzene rings is 1. The molecule has 0 bridgehead atoms. The summed E-state index contributed by atoms with van der Waals surface area (Å²) in [6.45, 7) is 2.52. The smallest absolute Gasteiger partial charge is 0.321 e. The average Bonchev–Trinajstić information content (AvgIpc) is 2.98. The maximum absolute atomic E-state index is 12.8. The second-order valence-corrected chi connectivity index (χ2v) is 6.41. The van der Waals surface area contributed by atoms with E-state index >= 15 is 0 Å². The topological polar surface area (TPSA) is 60.1 Å². The van der Waals surface area contributed by atoms with Gasteiger partial charge in [-0.25, -0.2) is 9.59 Å². The molecule has 1 heterocycles. The van der Waals surface area contributed by atoms with Crippen molar-refractivity contribution in [3.8, 4) is 5.69 Å². The van der Waals surface area contributed by atoms with E-state index in [2.05, 4.69) is 5.10 Å². The molecule has 128 valence electrons. The van der Waals surface area contributed by atoms with E-state index in [1.807, 2.05) is 6.92 Å². The van der Waals surface area contributed by atoms with Crippen molar-refractivity contribution in [1.29, 1.82) is 0 Å². The highest BCUT2D eigenvalue weighted by Crippen LogP contribution is 2.23. The molecule has 0 unspecified atom stereocenters. The third kappa shape index (κ3) is 3.11. The molecule has 0 saturated heterocycles. The summed E-state index contributed by atoms with van der Waals surface area (Å²) in [5.41, 5.74) is -0.0289. The zero-order valence-electron chi connectivity index (χ0n) is 13.7. The van der Waals surface area contributed by atoms with E-state index in [1.54, 1.807) is 29.2 Å². The lowest BCUT2D eigenvalue weighted by Gasteiger charge is -2.33. The highest BCUT2D eigenvalue weighted by atomic mass is 35.5. The standard InChI is InChI=1S/C17H21ClN4O2/c1-2-20(13-8-4-3-5-9-13)16(23)21-12-19-22(17(21)24)15-11-7-6-10-14(15)18/h6-7,10-13H,2-5,8-9H2,1H3. The zero-order valence-corrected chi connectivity index (χ0v) is 14.4. The van der Waals surface area contributed by atoms with Gasteiger partial charge in [0.2, 0.25) is 0 Å². The maximum atomic E-state index is 12.8. The first-order valence-electron chi connectivity index (χ1n) is 8.36. The van der Waals surface area contributed by atoms with Crippen molar-refractivity contribution in [2.45, 2.75) is 45.1 Å². The fourth-order valence-corrected chi connectivity index (χ4v) is 3.52. The van der Waals surface area contributed by atoms with Gasteiger partial charge >= 0.3 is 11.7 Å². The fourth-order valence-electron chi connectivity index (χ4n) is 3.30. The number of carbonyl (C=O) groups is 1. The van der Waals surface area contributed by atoms with Crippen molar-refractivity contribution >= 4 is 17.6 Å². The van der Waals surface area contributed by atoms with Gasteiger partial charge in [-0.05, 0) is 31.9 Å². The molecule has 6 nitrogen and oxygen atoms in total. The molecule has 1 fully saturated rings. The minimum absolute atomic E-state index is 0.201. The first kappa shape index (κ1) is 16.8. The van der Waals surface area contributed by atoms with Crippen LogP contribution in [0.15, 0.2) is 35.4 Å². The van der Waals surface area contributed by atoms with Crippen LogP contribution in [0.2, 0.25) is 5.02 Å². The van der Waals surface area contributed by atoms with E-state index in [0.29, 0.717) is 17.3 Å². The van der Waals surface area contributed by atoms with Crippen molar-refractivity contribution in [3.05, 3.63) is 46.1 Å². The predicted molar refractivity (Wildman–Crippen MR) is 92.9 cm³/mol. The Labute approximate surface area is 145 Å². The zero-order chi connectivity index (χ0) is 17.1. The van der Waals surface area contributed by atoms with Crippen LogP contribution in [0.4, 0.5) is 4.79 Å². The highest BCUT2D eigenvalue weighted by Gasteiger charge is 2.27. The summed E-state index contributed by atoms with van der Waals surface area (Å²) >= 11 is 6.13. The van der Waals surface area contributed by atoms with Crippen LogP contribution in [-0.2, 0) is 0 Å². The van der Waals surface area contributed by atoms with Crippen molar-refractivity contribution in [2.75, 3.05) is 6.54 Å². The van der Waals surface area contributed by atoms with E-state index in [4.69, 9.17) is 11.6 Å². The molecule has 0 spiro atoms. The number of aromatic nitrogens is 3. The van der Waals surface area contributed by atoms with E-state index in [1.165, 1.54) is 12.7 Å². The Bertz CT molecular complexity index is 777. The van der Waals surface area contributed by atoms with Crippen LogP contribution in [-0.4, -0.2) is 37.9 Å². The highest BCUT2D eigenvalue weighted by molar-refractivity contribution is 6.32. The molecule has 0 N–H and O–H groups in total. The number of para-hydroxylation sites is 1. The van der Waals surface area contributed by atoms with E-state index < -0.39 is 5.69 Å². The lowest BCUT2D eigenvalue weighted by atomic mass is 9.94. The summed E-state index contributed by atoms with van der Waals surface area (Å²) in [7, 11) is 0. The van der Waals surface area contributed by atoms with Crippen molar-refractivity contribution < 1.29 is 4.79 Å². The quantitative estimate of drug-likeness (QED) is 0.855. The van der Waals surface area contributed by atoms with Crippen LogP contribution < -0.4 is 5.69 Å². The number of carbonyl (C=O) groups excluding carboxylic acids is 1. The molecule has 0 aliphatic heterocycles. The van der Waals surface area contributed by atoms with Gasteiger partial charge in [-0.1, -0.05) is 43.0 Å². The third-order valence-corrected chi connectivity index (χ3v) is 4.88. The minimum Gasteiger partial charge on any atom is -0.321 e. The summed E-state index contributed by atoms with van der Waals surface area (Å²) in [5.74, 6) is 0. The second kappa shape index (κ2) is 7.21. The number of hydrogen-bond donors (Lipinski definition) is 0. The van der Waals surface area contributed by atoms with Gasteiger partial charge in [-0.2, -0.15) is 14.3 Å². The molecule has 24 heavy (non-hydrogen) atoms. The molecule has 0 radical (unpaired) electrons. The summed E-state index contributed by atoms with van der Waals surface area (Å²) in [6.07, 6.45) is 6.73. The summed E-state index contributed by atoms with van der Waals surface area (Å²) in [4.78, 5) is 27.2. The normalized spacial score (nSPS) is 15.4. The molecular formula is C17H21ClN4O2. The van der Waals surface area contributed by atoms with Crippen LogP contribution in [0, 0.1) is 0 Å². The summed E-state index contributed by atoms with van der Waals surface area (Å²) < 4.78 is 2.23. The lowest BCUT2D eigenvalue weighted by molar-refractivity contribution is 0.160.